The molecule has 2 nitrogen and oxygen atoms in total. The fourth-order valence-electron chi connectivity index (χ4n) is 1.30. The van der Waals surface area contributed by atoms with Crippen LogP contribution in [0.2, 0.25) is 5.15 Å². The van der Waals surface area contributed by atoms with Crippen LogP contribution in [0.4, 0.5) is 13.2 Å². The van der Waals surface area contributed by atoms with Crippen LogP contribution < -0.4 is 0 Å². The largest absolute Gasteiger partial charge is 0.450 e. The van der Waals surface area contributed by atoms with E-state index in [1.54, 1.807) is 12.1 Å². The van der Waals surface area contributed by atoms with E-state index in [-0.39, 0.29) is 5.15 Å². The van der Waals surface area contributed by atoms with Crippen molar-refractivity contribution < 1.29 is 18.0 Å². The quantitative estimate of drug-likeness (QED) is 0.786. The third-order valence-corrected chi connectivity index (χ3v) is 3.34. The average molecular weight is 280 g/mol. The maximum Gasteiger partial charge on any atom is 0.450 e. The fraction of sp³-hybridized carbons (Fsp3) is 0.200. The summed E-state index contributed by atoms with van der Waals surface area (Å²) in [5.41, 5.74) is 0.507. The Hall–Kier alpha value is -1.14. The van der Waals surface area contributed by atoms with E-state index in [1.165, 1.54) is 6.07 Å². The first-order valence-electron chi connectivity index (χ1n) is 4.51. The molecule has 2 rings (SSSR count). The highest BCUT2D eigenvalue weighted by Crippen LogP contribution is 2.28. The summed E-state index contributed by atoms with van der Waals surface area (Å²) in [7, 11) is 0. The van der Waals surface area contributed by atoms with Gasteiger partial charge < -0.3 is 0 Å². The van der Waals surface area contributed by atoms with Gasteiger partial charge in [0.15, 0.2) is 0 Å². The predicted molar refractivity (Wildman–Crippen MR) is 59.4 cm³/mol. The maximum atomic E-state index is 12.1. The average Bonchev–Trinajstić information content (AvgIpc) is 2.57. The van der Waals surface area contributed by atoms with E-state index in [1.807, 2.05) is 0 Å². The summed E-state index contributed by atoms with van der Waals surface area (Å²) in [6.07, 6.45) is -5.44. The fourth-order valence-corrected chi connectivity index (χ4v) is 2.45. The van der Waals surface area contributed by atoms with Gasteiger partial charge in [0.2, 0.25) is 5.78 Å². The zero-order chi connectivity index (χ0) is 12.6. The van der Waals surface area contributed by atoms with Gasteiger partial charge in [-0.15, -0.1) is 11.3 Å². The molecule has 0 aliphatic carbocycles. The molecule has 2 heterocycles. The molecule has 0 N–H and O–H groups in total. The Morgan fingerprint density at radius 3 is 2.76 bits per heavy atom. The smallest absolute Gasteiger partial charge is 0.289 e. The van der Waals surface area contributed by atoms with Crippen molar-refractivity contribution in [3.63, 3.8) is 0 Å². The van der Waals surface area contributed by atoms with Gasteiger partial charge in [0.25, 0.3) is 0 Å². The zero-order valence-electron chi connectivity index (χ0n) is 8.21. The van der Waals surface area contributed by atoms with Crippen molar-refractivity contribution in [1.82, 2.24) is 4.98 Å². The molecule has 0 saturated heterocycles. The predicted octanol–water partition coefficient (Wildman–Crippen LogP) is 3.62. The van der Waals surface area contributed by atoms with Crippen LogP contribution in [-0.4, -0.2) is 16.9 Å². The van der Waals surface area contributed by atoms with Crippen molar-refractivity contribution in [3.05, 3.63) is 28.2 Å². The number of hydrogen-bond acceptors (Lipinski definition) is 3. The number of rotatable bonds is 2. The Balaban J connectivity index is 2.29. The second-order valence-corrected chi connectivity index (χ2v) is 4.88. The molecule has 0 saturated carbocycles. The molecule has 0 aromatic carbocycles. The highest BCUT2D eigenvalue weighted by molar-refractivity contribution is 7.19. The van der Waals surface area contributed by atoms with E-state index >= 15 is 0 Å². The van der Waals surface area contributed by atoms with Gasteiger partial charge in [-0.1, -0.05) is 11.6 Å². The van der Waals surface area contributed by atoms with Crippen molar-refractivity contribution in [2.75, 3.05) is 0 Å². The zero-order valence-corrected chi connectivity index (χ0v) is 9.79. The minimum absolute atomic E-state index is 0.268. The molecule has 90 valence electrons. The van der Waals surface area contributed by atoms with Crippen LogP contribution >= 0.6 is 22.9 Å². The molecule has 0 fully saturated rings. The van der Waals surface area contributed by atoms with Crippen LogP contribution in [0.5, 0.6) is 0 Å². The number of carbonyl (C=O) groups excluding carboxylic acids is 1. The standard InChI is InChI=1S/C10H5ClF3NOS/c11-9-2-1-7-6(15-9)3-5(17-7)4-8(16)10(12,13)14/h1-3H,4H2. The van der Waals surface area contributed by atoms with Gasteiger partial charge in [0, 0.05) is 4.88 Å². The summed E-state index contributed by atoms with van der Waals surface area (Å²) in [4.78, 5) is 15.1. The topological polar surface area (TPSA) is 30.0 Å². The van der Waals surface area contributed by atoms with E-state index in [9.17, 15) is 18.0 Å². The molecule has 0 radical (unpaired) electrons. The number of aromatic nitrogens is 1. The molecule has 0 aliphatic rings. The van der Waals surface area contributed by atoms with Crippen molar-refractivity contribution in [2.24, 2.45) is 0 Å². The molecule has 17 heavy (non-hydrogen) atoms. The van der Waals surface area contributed by atoms with Gasteiger partial charge in [-0.05, 0) is 18.2 Å². The summed E-state index contributed by atoms with van der Waals surface area (Å²) in [5, 5.41) is 0.268. The monoisotopic (exact) mass is 279 g/mol. The van der Waals surface area contributed by atoms with Crippen LogP contribution in [-0.2, 0) is 11.2 Å². The maximum absolute atomic E-state index is 12.1. The Morgan fingerprint density at radius 2 is 2.12 bits per heavy atom. The number of Topliss-reactive ketones (excluding diaryl/α,β-unsaturated/α-hetero) is 1. The number of alkyl halides is 3. The Kier molecular flexibility index (Phi) is 3.09. The summed E-state index contributed by atoms with van der Waals surface area (Å²) in [5.74, 6) is -1.75. The van der Waals surface area contributed by atoms with Gasteiger partial charge in [-0.25, -0.2) is 4.98 Å². The van der Waals surface area contributed by atoms with Crippen molar-refractivity contribution >= 4 is 38.9 Å². The van der Waals surface area contributed by atoms with Gasteiger partial charge in [-0.3, -0.25) is 4.79 Å². The van der Waals surface area contributed by atoms with E-state index < -0.39 is 18.4 Å². The van der Waals surface area contributed by atoms with E-state index in [0.717, 1.165) is 11.3 Å². The molecule has 7 heteroatoms. The molecule has 0 bridgehead atoms. The van der Waals surface area contributed by atoms with Crippen LogP contribution in [0.3, 0.4) is 0 Å². The van der Waals surface area contributed by atoms with Crippen LogP contribution in [0, 0.1) is 0 Å². The number of pyridine rings is 1. The molecular weight excluding hydrogens is 275 g/mol. The molecule has 0 spiro atoms. The Morgan fingerprint density at radius 1 is 1.41 bits per heavy atom. The lowest BCUT2D eigenvalue weighted by atomic mass is 10.2. The molecular formula is C10H5ClF3NOS. The van der Waals surface area contributed by atoms with Gasteiger partial charge in [0.05, 0.1) is 16.6 Å². The number of hydrogen-bond donors (Lipinski definition) is 0. The third-order valence-electron chi connectivity index (χ3n) is 2.04. The molecule has 0 unspecified atom stereocenters. The molecule has 0 atom stereocenters. The van der Waals surface area contributed by atoms with Crippen molar-refractivity contribution in [1.29, 1.82) is 0 Å². The lowest BCUT2D eigenvalue weighted by molar-refractivity contribution is -0.170. The Labute approximate surface area is 103 Å². The number of halogens is 4. The van der Waals surface area contributed by atoms with Crippen LogP contribution in [0.15, 0.2) is 18.2 Å². The highest BCUT2D eigenvalue weighted by atomic mass is 35.5. The normalized spacial score (nSPS) is 12.0. The number of thiophene rings is 1. The first-order valence-corrected chi connectivity index (χ1v) is 5.71. The van der Waals surface area contributed by atoms with Gasteiger partial charge in [-0.2, -0.15) is 13.2 Å². The molecule has 2 aromatic heterocycles. The lowest BCUT2D eigenvalue weighted by Gasteiger charge is -2.02. The van der Waals surface area contributed by atoms with Crippen LogP contribution in [0.1, 0.15) is 4.88 Å². The summed E-state index contributed by atoms with van der Waals surface area (Å²) in [6.45, 7) is 0. The molecule has 0 aliphatic heterocycles. The lowest BCUT2D eigenvalue weighted by Crippen LogP contribution is -2.24. The van der Waals surface area contributed by atoms with Gasteiger partial charge >= 0.3 is 6.18 Å². The number of nitrogens with zero attached hydrogens (tertiary/aromatic N) is 1. The minimum Gasteiger partial charge on any atom is -0.289 e. The summed E-state index contributed by atoms with van der Waals surface area (Å²) in [6, 6.07) is 4.67. The van der Waals surface area contributed by atoms with E-state index in [2.05, 4.69) is 4.98 Å². The molecule has 2 aromatic rings. The highest BCUT2D eigenvalue weighted by Gasteiger charge is 2.38. The first kappa shape index (κ1) is 12.3. The van der Waals surface area contributed by atoms with E-state index in [4.69, 9.17) is 11.6 Å². The van der Waals surface area contributed by atoms with Crippen LogP contribution in [0.25, 0.3) is 10.2 Å². The van der Waals surface area contributed by atoms with E-state index in [0.29, 0.717) is 15.1 Å². The van der Waals surface area contributed by atoms with Crippen molar-refractivity contribution in [2.45, 2.75) is 12.6 Å². The Bertz CT molecular complexity index is 578. The number of ketones is 1. The van der Waals surface area contributed by atoms with Gasteiger partial charge in [0.1, 0.15) is 5.15 Å². The number of fused-ring (bicyclic) bond motifs is 1. The summed E-state index contributed by atoms with van der Waals surface area (Å²) < 4.78 is 36.9. The van der Waals surface area contributed by atoms with Crippen molar-refractivity contribution in [3.8, 4) is 0 Å². The molecule has 0 amide bonds. The second kappa shape index (κ2) is 4.27. The number of carbonyl (C=O) groups is 1. The third kappa shape index (κ3) is 2.76. The summed E-state index contributed by atoms with van der Waals surface area (Å²) >= 11 is 6.76. The first-order chi connectivity index (χ1) is 7.86. The second-order valence-electron chi connectivity index (χ2n) is 3.33. The minimum atomic E-state index is -4.79. The SMILES string of the molecule is O=C(Cc1cc2nc(Cl)ccc2s1)C(F)(F)F.